The third kappa shape index (κ3) is 4.79. The largest absolute Gasteiger partial charge is 0.480 e. The molecule has 0 bridgehead atoms. The molecule has 30 heavy (non-hydrogen) atoms. The predicted molar refractivity (Wildman–Crippen MR) is 122 cm³/mol. The predicted octanol–water partition coefficient (Wildman–Crippen LogP) is 4.45. The van der Waals surface area contributed by atoms with Gasteiger partial charge in [0.05, 0.1) is 5.52 Å². The number of anilines is 1. The number of fused-ring (bicyclic) bond motifs is 1. The average molecular weight is 404 g/mol. The summed E-state index contributed by atoms with van der Waals surface area (Å²) in [5.74, 6) is -0.196. The summed E-state index contributed by atoms with van der Waals surface area (Å²) in [6.07, 6.45) is 5.01. The Morgan fingerprint density at radius 2 is 1.83 bits per heavy atom. The first-order valence-electron chi connectivity index (χ1n) is 10.7. The SMILES string of the molecule is CN(CC(=O)O)c1cc(-c2ccccc2)c2cc(CCN3CCCCC3)ccc2n1. The minimum absolute atomic E-state index is 0.0827. The fraction of sp³-hybridized carbons (Fsp3) is 0.360. The first-order valence-corrected chi connectivity index (χ1v) is 10.7. The molecule has 0 atom stereocenters. The number of aliphatic carboxylic acids is 1. The van der Waals surface area contributed by atoms with Gasteiger partial charge in [0.1, 0.15) is 12.4 Å². The number of pyridine rings is 1. The van der Waals surface area contributed by atoms with Crippen LogP contribution in [0.25, 0.3) is 22.0 Å². The van der Waals surface area contributed by atoms with E-state index < -0.39 is 5.97 Å². The molecule has 0 amide bonds. The van der Waals surface area contributed by atoms with Gasteiger partial charge in [-0.05, 0) is 67.2 Å². The number of benzene rings is 2. The molecule has 0 unspecified atom stereocenters. The zero-order valence-corrected chi connectivity index (χ0v) is 17.6. The number of carboxylic acid groups (broad SMARTS) is 1. The lowest BCUT2D eigenvalue weighted by Gasteiger charge is -2.26. The first kappa shape index (κ1) is 20.4. The van der Waals surface area contributed by atoms with Gasteiger partial charge in [-0.2, -0.15) is 0 Å². The molecule has 5 nitrogen and oxygen atoms in total. The van der Waals surface area contributed by atoms with E-state index in [1.807, 2.05) is 24.3 Å². The van der Waals surface area contributed by atoms with E-state index >= 15 is 0 Å². The van der Waals surface area contributed by atoms with E-state index in [1.165, 1.54) is 37.9 Å². The second-order valence-corrected chi connectivity index (χ2v) is 8.15. The summed E-state index contributed by atoms with van der Waals surface area (Å²) in [5.41, 5.74) is 4.42. The van der Waals surface area contributed by atoms with Crippen molar-refractivity contribution in [2.75, 3.05) is 38.1 Å². The highest BCUT2D eigenvalue weighted by Crippen LogP contribution is 2.32. The molecule has 1 aromatic heterocycles. The summed E-state index contributed by atoms with van der Waals surface area (Å²) >= 11 is 0. The summed E-state index contributed by atoms with van der Waals surface area (Å²) < 4.78 is 0. The van der Waals surface area contributed by atoms with Crippen molar-refractivity contribution in [2.24, 2.45) is 0 Å². The molecule has 4 rings (SSSR count). The molecule has 0 aliphatic carbocycles. The maximum absolute atomic E-state index is 11.2. The van der Waals surface area contributed by atoms with Crippen molar-refractivity contribution in [3.05, 3.63) is 60.2 Å². The van der Waals surface area contributed by atoms with Gasteiger partial charge in [0.2, 0.25) is 0 Å². The van der Waals surface area contributed by atoms with Crippen LogP contribution in [0.15, 0.2) is 54.6 Å². The van der Waals surface area contributed by atoms with Crippen LogP contribution in [0.3, 0.4) is 0 Å². The van der Waals surface area contributed by atoms with Crippen molar-refractivity contribution in [3.8, 4) is 11.1 Å². The van der Waals surface area contributed by atoms with Crippen LogP contribution in [-0.2, 0) is 11.2 Å². The lowest BCUT2D eigenvalue weighted by molar-refractivity contribution is -0.135. The number of nitrogens with zero attached hydrogens (tertiary/aromatic N) is 3. The van der Waals surface area contributed by atoms with E-state index in [4.69, 9.17) is 4.98 Å². The highest BCUT2D eigenvalue weighted by molar-refractivity contribution is 5.96. The number of carbonyl (C=O) groups is 1. The standard InChI is InChI=1S/C25H29N3O2/c1-27(18-25(29)30)24-17-21(20-8-4-2-5-9-20)22-16-19(10-11-23(22)26-24)12-15-28-13-6-3-7-14-28/h2,4-5,8-11,16-17H,3,6-7,12-15,18H2,1H3,(H,29,30). The molecule has 1 aliphatic rings. The Balaban J connectivity index is 1.69. The van der Waals surface area contributed by atoms with Gasteiger partial charge >= 0.3 is 5.97 Å². The Morgan fingerprint density at radius 1 is 1.07 bits per heavy atom. The summed E-state index contributed by atoms with van der Waals surface area (Å²) in [7, 11) is 1.77. The monoisotopic (exact) mass is 403 g/mol. The quantitative estimate of drug-likeness (QED) is 0.632. The fourth-order valence-corrected chi connectivity index (χ4v) is 4.22. The number of likely N-dealkylation sites (N-methyl/N-ethyl adjacent to an activating group) is 1. The van der Waals surface area contributed by atoms with Crippen LogP contribution in [0, 0.1) is 0 Å². The van der Waals surface area contributed by atoms with E-state index in [0.29, 0.717) is 5.82 Å². The van der Waals surface area contributed by atoms with E-state index in [1.54, 1.807) is 11.9 Å². The summed E-state index contributed by atoms with van der Waals surface area (Å²) in [4.78, 5) is 20.2. The van der Waals surface area contributed by atoms with Gasteiger partial charge in [0.25, 0.3) is 0 Å². The lowest BCUT2D eigenvalue weighted by atomic mass is 9.98. The molecule has 1 saturated heterocycles. The van der Waals surface area contributed by atoms with Crippen molar-refractivity contribution in [1.82, 2.24) is 9.88 Å². The van der Waals surface area contributed by atoms with Gasteiger partial charge in [0, 0.05) is 19.0 Å². The van der Waals surface area contributed by atoms with Crippen molar-refractivity contribution in [1.29, 1.82) is 0 Å². The van der Waals surface area contributed by atoms with Crippen LogP contribution in [-0.4, -0.2) is 54.2 Å². The van der Waals surface area contributed by atoms with Gasteiger partial charge in [-0.15, -0.1) is 0 Å². The highest BCUT2D eigenvalue weighted by atomic mass is 16.4. The number of piperidine rings is 1. The summed E-state index contributed by atoms with van der Waals surface area (Å²) in [6, 6.07) is 18.8. The minimum Gasteiger partial charge on any atom is -0.480 e. The second kappa shape index (κ2) is 9.26. The van der Waals surface area contributed by atoms with E-state index in [-0.39, 0.29) is 6.54 Å². The molecular weight excluding hydrogens is 374 g/mol. The third-order valence-corrected chi connectivity index (χ3v) is 5.87. The molecule has 1 fully saturated rings. The molecule has 3 aromatic rings. The van der Waals surface area contributed by atoms with Crippen LogP contribution < -0.4 is 4.90 Å². The molecule has 1 aliphatic heterocycles. The Bertz CT molecular complexity index is 1010. The van der Waals surface area contributed by atoms with E-state index in [2.05, 4.69) is 35.2 Å². The molecule has 156 valence electrons. The number of rotatable bonds is 7. The van der Waals surface area contributed by atoms with Crippen LogP contribution in [0.5, 0.6) is 0 Å². The Labute approximate surface area is 178 Å². The normalized spacial score (nSPS) is 14.7. The van der Waals surface area contributed by atoms with Crippen molar-refractivity contribution in [2.45, 2.75) is 25.7 Å². The first-order chi connectivity index (χ1) is 14.6. The van der Waals surface area contributed by atoms with Gasteiger partial charge in [-0.3, -0.25) is 4.79 Å². The molecule has 2 aromatic carbocycles. The average Bonchev–Trinajstić information content (AvgIpc) is 2.77. The van der Waals surface area contributed by atoms with Crippen molar-refractivity contribution >= 4 is 22.7 Å². The van der Waals surface area contributed by atoms with Crippen LogP contribution in [0.2, 0.25) is 0 Å². The number of likely N-dealkylation sites (tertiary alicyclic amines) is 1. The molecule has 5 heteroatoms. The van der Waals surface area contributed by atoms with Crippen molar-refractivity contribution < 1.29 is 9.90 Å². The Morgan fingerprint density at radius 3 is 2.57 bits per heavy atom. The number of aromatic nitrogens is 1. The van der Waals surface area contributed by atoms with Crippen molar-refractivity contribution in [3.63, 3.8) is 0 Å². The van der Waals surface area contributed by atoms with Gasteiger partial charge in [0.15, 0.2) is 0 Å². The van der Waals surface area contributed by atoms with Gasteiger partial charge < -0.3 is 14.9 Å². The maximum Gasteiger partial charge on any atom is 0.323 e. The molecule has 0 radical (unpaired) electrons. The zero-order chi connectivity index (χ0) is 20.9. The van der Waals surface area contributed by atoms with Crippen LogP contribution in [0.1, 0.15) is 24.8 Å². The number of carboxylic acids is 1. The van der Waals surface area contributed by atoms with E-state index in [9.17, 15) is 9.90 Å². The maximum atomic E-state index is 11.2. The molecular formula is C25H29N3O2. The topological polar surface area (TPSA) is 56.7 Å². The Kier molecular flexibility index (Phi) is 6.29. The molecule has 0 spiro atoms. The number of hydrogen-bond donors (Lipinski definition) is 1. The lowest BCUT2D eigenvalue weighted by Crippen LogP contribution is -2.31. The van der Waals surface area contributed by atoms with Crippen LogP contribution >= 0.6 is 0 Å². The van der Waals surface area contributed by atoms with Crippen LogP contribution in [0.4, 0.5) is 5.82 Å². The van der Waals surface area contributed by atoms with E-state index in [0.717, 1.165) is 35.0 Å². The molecule has 2 heterocycles. The highest BCUT2D eigenvalue weighted by Gasteiger charge is 2.14. The molecule has 0 saturated carbocycles. The van der Waals surface area contributed by atoms with Gasteiger partial charge in [-0.25, -0.2) is 4.98 Å². The Hall–Kier alpha value is -2.92. The fourth-order valence-electron chi connectivity index (χ4n) is 4.22. The smallest absolute Gasteiger partial charge is 0.323 e. The molecule has 1 N–H and O–H groups in total. The zero-order valence-electron chi connectivity index (χ0n) is 17.6. The van der Waals surface area contributed by atoms with Gasteiger partial charge in [-0.1, -0.05) is 42.8 Å². The minimum atomic E-state index is -0.867. The second-order valence-electron chi connectivity index (χ2n) is 8.15. The summed E-state index contributed by atoms with van der Waals surface area (Å²) in [5, 5.41) is 10.3. The summed E-state index contributed by atoms with van der Waals surface area (Å²) in [6.45, 7) is 3.44. The third-order valence-electron chi connectivity index (χ3n) is 5.87. The number of hydrogen-bond acceptors (Lipinski definition) is 4.